The Kier molecular flexibility index (Phi) is 5.53. The van der Waals surface area contributed by atoms with Crippen LogP contribution in [0.15, 0.2) is 27.2 Å². The van der Waals surface area contributed by atoms with Crippen LogP contribution in [0.3, 0.4) is 0 Å². The first-order valence-electron chi connectivity index (χ1n) is 8.87. The average molecular weight is 347 g/mol. The second-order valence-corrected chi connectivity index (χ2v) is 6.84. The van der Waals surface area contributed by atoms with E-state index in [0.29, 0.717) is 36.8 Å². The van der Waals surface area contributed by atoms with Gasteiger partial charge in [-0.05, 0) is 25.0 Å². The summed E-state index contributed by atoms with van der Waals surface area (Å²) in [7, 11) is 0. The first kappa shape index (κ1) is 17.7. The minimum atomic E-state index is -0.682. The van der Waals surface area contributed by atoms with Crippen molar-refractivity contribution in [2.45, 2.75) is 64.0 Å². The maximum absolute atomic E-state index is 12.6. The summed E-state index contributed by atoms with van der Waals surface area (Å²) < 4.78 is 10.8. The van der Waals surface area contributed by atoms with E-state index in [9.17, 15) is 9.90 Å². The molecule has 3 rings (SSSR count). The van der Waals surface area contributed by atoms with E-state index >= 15 is 0 Å². The van der Waals surface area contributed by atoms with Crippen LogP contribution >= 0.6 is 0 Å². The number of nitrogens with zero attached hydrogens (tertiary/aromatic N) is 3. The van der Waals surface area contributed by atoms with Crippen LogP contribution in [-0.4, -0.2) is 38.7 Å². The summed E-state index contributed by atoms with van der Waals surface area (Å²) in [5.41, 5.74) is 0. The standard InChI is InChI=1S/C18H25N3O4/c1-12(2)18-20-19-16(25-18)7-8-17(23)21-9-3-5-13(21)11-14(22)15-6-4-10-24-15/h4,6,10,12-14,22H,3,5,7-9,11H2,1-2H3. The van der Waals surface area contributed by atoms with E-state index in [4.69, 9.17) is 8.83 Å². The molecule has 1 fully saturated rings. The number of hydrogen-bond donors (Lipinski definition) is 1. The topological polar surface area (TPSA) is 92.6 Å². The minimum Gasteiger partial charge on any atom is -0.467 e. The molecule has 2 aromatic rings. The molecule has 2 atom stereocenters. The molecule has 7 heteroatoms. The Morgan fingerprint density at radius 2 is 2.28 bits per heavy atom. The van der Waals surface area contributed by atoms with Gasteiger partial charge in [-0.15, -0.1) is 10.2 Å². The monoisotopic (exact) mass is 347 g/mol. The molecule has 1 N–H and O–H groups in total. The number of furan rings is 1. The summed E-state index contributed by atoms with van der Waals surface area (Å²) in [6, 6.07) is 3.56. The molecule has 0 saturated carbocycles. The third-order valence-corrected chi connectivity index (χ3v) is 4.59. The zero-order valence-corrected chi connectivity index (χ0v) is 14.7. The molecular formula is C18H25N3O4. The fraction of sp³-hybridized carbons (Fsp3) is 0.611. The number of rotatable bonds is 7. The van der Waals surface area contributed by atoms with Gasteiger partial charge in [-0.25, -0.2) is 0 Å². The van der Waals surface area contributed by atoms with Gasteiger partial charge in [-0.1, -0.05) is 13.8 Å². The first-order chi connectivity index (χ1) is 12.0. The molecule has 0 spiro atoms. The highest BCUT2D eigenvalue weighted by Crippen LogP contribution is 2.28. The van der Waals surface area contributed by atoms with Crippen molar-refractivity contribution in [2.24, 2.45) is 0 Å². The zero-order chi connectivity index (χ0) is 17.8. The summed E-state index contributed by atoms with van der Waals surface area (Å²) in [6.45, 7) is 4.71. The predicted molar refractivity (Wildman–Crippen MR) is 89.7 cm³/mol. The number of carbonyl (C=O) groups excluding carboxylic acids is 1. The predicted octanol–water partition coefficient (Wildman–Crippen LogP) is 2.83. The molecule has 2 aromatic heterocycles. The minimum absolute atomic E-state index is 0.0431. The number of aromatic nitrogens is 2. The molecule has 0 aromatic carbocycles. The van der Waals surface area contributed by atoms with Crippen LogP contribution < -0.4 is 0 Å². The van der Waals surface area contributed by atoms with Crippen LogP contribution in [-0.2, 0) is 11.2 Å². The van der Waals surface area contributed by atoms with Crippen molar-refractivity contribution < 1.29 is 18.7 Å². The van der Waals surface area contributed by atoms with Gasteiger partial charge in [0, 0.05) is 37.8 Å². The number of aryl methyl sites for hydroxylation is 1. The van der Waals surface area contributed by atoms with Gasteiger partial charge in [-0.2, -0.15) is 0 Å². The maximum atomic E-state index is 12.6. The van der Waals surface area contributed by atoms with Crippen molar-refractivity contribution in [1.82, 2.24) is 15.1 Å². The molecule has 0 radical (unpaired) electrons. The summed E-state index contributed by atoms with van der Waals surface area (Å²) >= 11 is 0. The fourth-order valence-corrected chi connectivity index (χ4v) is 3.22. The van der Waals surface area contributed by atoms with Crippen LogP contribution in [0.4, 0.5) is 0 Å². The van der Waals surface area contributed by atoms with Gasteiger partial charge in [0.2, 0.25) is 17.7 Å². The molecule has 1 amide bonds. The summed E-state index contributed by atoms with van der Waals surface area (Å²) in [5, 5.41) is 18.3. The largest absolute Gasteiger partial charge is 0.467 e. The van der Waals surface area contributed by atoms with E-state index < -0.39 is 6.10 Å². The Morgan fingerprint density at radius 1 is 1.44 bits per heavy atom. The van der Waals surface area contributed by atoms with Gasteiger partial charge in [0.15, 0.2) is 0 Å². The van der Waals surface area contributed by atoms with Crippen molar-refractivity contribution in [3.8, 4) is 0 Å². The fourth-order valence-electron chi connectivity index (χ4n) is 3.22. The number of aliphatic hydroxyl groups excluding tert-OH is 1. The molecule has 0 bridgehead atoms. The van der Waals surface area contributed by atoms with E-state index in [1.54, 1.807) is 18.4 Å². The van der Waals surface area contributed by atoms with Crippen molar-refractivity contribution in [3.63, 3.8) is 0 Å². The van der Waals surface area contributed by atoms with Gasteiger partial charge in [0.05, 0.1) is 6.26 Å². The van der Waals surface area contributed by atoms with Crippen LogP contribution in [0.5, 0.6) is 0 Å². The lowest BCUT2D eigenvalue weighted by molar-refractivity contribution is -0.132. The summed E-state index contributed by atoms with van der Waals surface area (Å²) in [4.78, 5) is 14.4. The normalized spacial score (nSPS) is 18.9. The molecule has 136 valence electrons. The van der Waals surface area contributed by atoms with E-state index in [2.05, 4.69) is 10.2 Å². The lowest BCUT2D eigenvalue weighted by Gasteiger charge is -2.26. The second kappa shape index (κ2) is 7.82. The molecule has 1 aliphatic rings. The Morgan fingerprint density at radius 3 is 2.96 bits per heavy atom. The van der Waals surface area contributed by atoms with Gasteiger partial charge in [-0.3, -0.25) is 4.79 Å². The highest BCUT2D eigenvalue weighted by molar-refractivity contribution is 5.77. The maximum Gasteiger partial charge on any atom is 0.223 e. The Balaban J connectivity index is 1.53. The first-order valence-corrected chi connectivity index (χ1v) is 8.87. The molecule has 0 aliphatic carbocycles. The van der Waals surface area contributed by atoms with E-state index in [0.717, 1.165) is 19.4 Å². The molecule has 7 nitrogen and oxygen atoms in total. The molecule has 1 saturated heterocycles. The number of likely N-dealkylation sites (tertiary alicyclic amines) is 1. The van der Waals surface area contributed by atoms with E-state index in [-0.39, 0.29) is 17.9 Å². The third-order valence-electron chi connectivity index (χ3n) is 4.59. The van der Waals surface area contributed by atoms with Gasteiger partial charge in [0.1, 0.15) is 11.9 Å². The molecule has 25 heavy (non-hydrogen) atoms. The van der Waals surface area contributed by atoms with Crippen LogP contribution in [0.25, 0.3) is 0 Å². The van der Waals surface area contributed by atoms with Crippen molar-refractivity contribution in [3.05, 3.63) is 35.9 Å². The number of carbonyl (C=O) groups is 1. The van der Waals surface area contributed by atoms with Gasteiger partial charge >= 0.3 is 0 Å². The lowest BCUT2D eigenvalue weighted by Crippen LogP contribution is -2.36. The van der Waals surface area contributed by atoms with Gasteiger partial charge in [0.25, 0.3) is 0 Å². The van der Waals surface area contributed by atoms with Crippen molar-refractivity contribution in [1.29, 1.82) is 0 Å². The quantitative estimate of drug-likeness (QED) is 0.828. The third kappa shape index (κ3) is 4.28. The van der Waals surface area contributed by atoms with Crippen LogP contribution in [0.1, 0.15) is 69.1 Å². The SMILES string of the molecule is CC(C)c1nnc(CCC(=O)N2CCCC2CC(O)c2ccco2)o1. The summed E-state index contributed by atoms with van der Waals surface area (Å²) in [5.74, 6) is 1.90. The molecular weight excluding hydrogens is 322 g/mol. The van der Waals surface area contributed by atoms with Crippen molar-refractivity contribution in [2.75, 3.05) is 6.54 Å². The number of amides is 1. The Bertz CT molecular complexity index is 680. The highest BCUT2D eigenvalue weighted by atomic mass is 16.4. The van der Waals surface area contributed by atoms with Crippen LogP contribution in [0.2, 0.25) is 0 Å². The smallest absolute Gasteiger partial charge is 0.223 e. The zero-order valence-electron chi connectivity index (χ0n) is 14.7. The second-order valence-electron chi connectivity index (χ2n) is 6.84. The van der Waals surface area contributed by atoms with E-state index in [1.807, 2.05) is 18.7 Å². The molecule has 1 aliphatic heterocycles. The lowest BCUT2D eigenvalue weighted by atomic mass is 10.0. The number of hydrogen-bond acceptors (Lipinski definition) is 6. The Labute approximate surface area is 147 Å². The molecule has 2 unspecified atom stereocenters. The number of aliphatic hydroxyl groups is 1. The highest BCUT2D eigenvalue weighted by Gasteiger charge is 2.31. The van der Waals surface area contributed by atoms with Crippen LogP contribution in [0, 0.1) is 0 Å². The average Bonchev–Trinajstić information content (AvgIpc) is 3.32. The molecule has 3 heterocycles. The summed E-state index contributed by atoms with van der Waals surface area (Å²) in [6.07, 6.45) is 4.01. The Hall–Kier alpha value is -2.15. The van der Waals surface area contributed by atoms with Crippen molar-refractivity contribution >= 4 is 5.91 Å². The van der Waals surface area contributed by atoms with E-state index in [1.165, 1.54) is 0 Å². The van der Waals surface area contributed by atoms with Gasteiger partial charge < -0.3 is 18.8 Å².